The second kappa shape index (κ2) is 6.02. The SMILES string of the molecule is CN(C)C(=O)CN(C)c1ccc(CN)c(Br)c1. The van der Waals surface area contributed by atoms with Crippen LogP contribution in [0, 0.1) is 0 Å². The molecule has 0 aromatic heterocycles. The summed E-state index contributed by atoms with van der Waals surface area (Å²) in [6.45, 7) is 0.864. The van der Waals surface area contributed by atoms with Gasteiger partial charge in [0.15, 0.2) is 0 Å². The van der Waals surface area contributed by atoms with Crippen LogP contribution in [0.25, 0.3) is 0 Å². The van der Waals surface area contributed by atoms with Crippen molar-refractivity contribution in [2.24, 2.45) is 5.73 Å². The molecule has 0 unspecified atom stereocenters. The van der Waals surface area contributed by atoms with E-state index in [9.17, 15) is 4.79 Å². The number of amides is 1. The number of halogens is 1. The van der Waals surface area contributed by atoms with Gasteiger partial charge in [0.25, 0.3) is 0 Å². The van der Waals surface area contributed by atoms with E-state index in [4.69, 9.17) is 5.73 Å². The van der Waals surface area contributed by atoms with Crippen molar-refractivity contribution < 1.29 is 4.79 Å². The topological polar surface area (TPSA) is 49.6 Å². The van der Waals surface area contributed by atoms with Crippen LogP contribution in [0.4, 0.5) is 5.69 Å². The minimum absolute atomic E-state index is 0.0755. The first-order chi connectivity index (χ1) is 7.95. The smallest absolute Gasteiger partial charge is 0.241 e. The first kappa shape index (κ1) is 14.0. The molecule has 17 heavy (non-hydrogen) atoms. The maximum absolute atomic E-state index is 11.6. The van der Waals surface area contributed by atoms with Crippen LogP contribution in [-0.4, -0.2) is 38.5 Å². The lowest BCUT2D eigenvalue weighted by molar-refractivity contribution is -0.127. The molecule has 4 nitrogen and oxygen atoms in total. The van der Waals surface area contributed by atoms with E-state index in [1.807, 2.05) is 30.1 Å². The second-order valence-electron chi connectivity index (χ2n) is 4.12. The maximum Gasteiger partial charge on any atom is 0.241 e. The Hall–Kier alpha value is -1.07. The fourth-order valence-corrected chi connectivity index (χ4v) is 1.90. The highest BCUT2D eigenvalue weighted by molar-refractivity contribution is 9.10. The highest BCUT2D eigenvalue weighted by atomic mass is 79.9. The largest absolute Gasteiger partial charge is 0.365 e. The fourth-order valence-electron chi connectivity index (χ4n) is 1.37. The minimum Gasteiger partial charge on any atom is -0.365 e. The molecule has 0 heterocycles. The van der Waals surface area contributed by atoms with Crippen molar-refractivity contribution in [2.75, 3.05) is 32.6 Å². The van der Waals surface area contributed by atoms with Crippen molar-refractivity contribution >= 4 is 27.5 Å². The molecular weight excluding hydrogens is 282 g/mol. The third-order valence-electron chi connectivity index (χ3n) is 2.57. The van der Waals surface area contributed by atoms with Gasteiger partial charge in [0.05, 0.1) is 6.54 Å². The normalized spacial score (nSPS) is 10.2. The van der Waals surface area contributed by atoms with Gasteiger partial charge >= 0.3 is 0 Å². The van der Waals surface area contributed by atoms with Gasteiger partial charge in [-0.2, -0.15) is 0 Å². The molecule has 1 amide bonds. The Bertz CT molecular complexity index is 407. The maximum atomic E-state index is 11.6. The number of anilines is 1. The number of likely N-dealkylation sites (N-methyl/N-ethyl adjacent to an activating group) is 2. The van der Waals surface area contributed by atoms with Gasteiger partial charge in [0, 0.05) is 37.8 Å². The van der Waals surface area contributed by atoms with Crippen molar-refractivity contribution in [1.82, 2.24) is 4.90 Å². The van der Waals surface area contributed by atoms with E-state index in [1.54, 1.807) is 19.0 Å². The molecule has 1 aromatic rings. The first-order valence-corrected chi connectivity index (χ1v) is 6.14. The highest BCUT2D eigenvalue weighted by Crippen LogP contribution is 2.23. The van der Waals surface area contributed by atoms with E-state index in [2.05, 4.69) is 15.9 Å². The molecule has 0 saturated carbocycles. The summed E-state index contributed by atoms with van der Waals surface area (Å²) in [5.74, 6) is 0.0755. The van der Waals surface area contributed by atoms with Crippen LogP contribution in [-0.2, 0) is 11.3 Å². The van der Waals surface area contributed by atoms with E-state index in [0.717, 1.165) is 15.7 Å². The summed E-state index contributed by atoms with van der Waals surface area (Å²) in [5, 5.41) is 0. The molecule has 0 aliphatic carbocycles. The van der Waals surface area contributed by atoms with Crippen LogP contribution in [0.5, 0.6) is 0 Å². The molecule has 1 rings (SSSR count). The van der Waals surface area contributed by atoms with E-state index < -0.39 is 0 Å². The average Bonchev–Trinajstić information content (AvgIpc) is 2.28. The third kappa shape index (κ3) is 3.71. The summed E-state index contributed by atoms with van der Waals surface area (Å²) in [6.07, 6.45) is 0. The number of hydrogen-bond acceptors (Lipinski definition) is 3. The summed E-state index contributed by atoms with van der Waals surface area (Å²) in [6, 6.07) is 5.91. The van der Waals surface area contributed by atoms with Crippen molar-refractivity contribution in [3.63, 3.8) is 0 Å². The zero-order valence-electron chi connectivity index (χ0n) is 10.4. The predicted octanol–water partition coefficient (Wildman–Crippen LogP) is 1.43. The van der Waals surface area contributed by atoms with Crippen LogP contribution in [0.2, 0.25) is 0 Å². The van der Waals surface area contributed by atoms with Gasteiger partial charge in [0.2, 0.25) is 5.91 Å². The molecule has 0 saturated heterocycles. The first-order valence-electron chi connectivity index (χ1n) is 5.35. The lowest BCUT2D eigenvalue weighted by Crippen LogP contribution is -2.34. The Balaban J connectivity index is 2.79. The number of benzene rings is 1. The van der Waals surface area contributed by atoms with Crippen molar-refractivity contribution in [2.45, 2.75) is 6.54 Å². The minimum atomic E-state index is 0.0755. The molecule has 2 N–H and O–H groups in total. The van der Waals surface area contributed by atoms with Crippen LogP contribution < -0.4 is 10.6 Å². The molecule has 0 atom stereocenters. The molecule has 5 heteroatoms. The number of carbonyl (C=O) groups excluding carboxylic acids is 1. The van der Waals surface area contributed by atoms with E-state index in [0.29, 0.717) is 13.1 Å². The summed E-state index contributed by atoms with van der Waals surface area (Å²) in [5.41, 5.74) is 7.64. The van der Waals surface area contributed by atoms with Crippen molar-refractivity contribution in [1.29, 1.82) is 0 Å². The number of nitrogens with two attached hydrogens (primary N) is 1. The van der Waals surface area contributed by atoms with Crippen LogP contribution in [0.3, 0.4) is 0 Å². The zero-order chi connectivity index (χ0) is 13.0. The van der Waals surface area contributed by atoms with Crippen molar-refractivity contribution in [3.8, 4) is 0 Å². The van der Waals surface area contributed by atoms with Gasteiger partial charge < -0.3 is 15.5 Å². The number of hydrogen-bond donors (Lipinski definition) is 1. The van der Waals surface area contributed by atoms with Gasteiger partial charge in [-0.05, 0) is 17.7 Å². The molecule has 0 bridgehead atoms. The summed E-state index contributed by atoms with van der Waals surface area (Å²) >= 11 is 3.47. The van der Waals surface area contributed by atoms with Crippen LogP contribution >= 0.6 is 15.9 Å². The Morgan fingerprint density at radius 1 is 1.35 bits per heavy atom. The molecule has 0 spiro atoms. The number of rotatable bonds is 4. The number of nitrogens with zero attached hydrogens (tertiary/aromatic N) is 2. The van der Waals surface area contributed by atoms with Crippen LogP contribution in [0.1, 0.15) is 5.56 Å². The van der Waals surface area contributed by atoms with E-state index >= 15 is 0 Å². The average molecular weight is 300 g/mol. The van der Waals surface area contributed by atoms with Gasteiger partial charge in [-0.3, -0.25) is 4.79 Å². The molecule has 0 fully saturated rings. The zero-order valence-corrected chi connectivity index (χ0v) is 12.0. The molecule has 94 valence electrons. The van der Waals surface area contributed by atoms with Crippen molar-refractivity contribution in [3.05, 3.63) is 28.2 Å². The van der Waals surface area contributed by atoms with Gasteiger partial charge in [-0.25, -0.2) is 0 Å². The number of carbonyl (C=O) groups is 1. The molecule has 0 aliphatic heterocycles. The van der Waals surface area contributed by atoms with Crippen LogP contribution in [0.15, 0.2) is 22.7 Å². The van der Waals surface area contributed by atoms with Gasteiger partial charge in [0.1, 0.15) is 0 Å². The van der Waals surface area contributed by atoms with Gasteiger partial charge in [-0.1, -0.05) is 22.0 Å². The Morgan fingerprint density at radius 2 is 2.00 bits per heavy atom. The van der Waals surface area contributed by atoms with Gasteiger partial charge in [-0.15, -0.1) is 0 Å². The lowest BCUT2D eigenvalue weighted by atomic mass is 10.2. The monoisotopic (exact) mass is 299 g/mol. The second-order valence-corrected chi connectivity index (χ2v) is 4.98. The third-order valence-corrected chi connectivity index (χ3v) is 3.31. The molecule has 1 aromatic carbocycles. The Morgan fingerprint density at radius 3 is 2.47 bits per heavy atom. The predicted molar refractivity (Wildman–Crippen MR) is 74.0 cm³/mol. The molecule has 0 aliphatic rings. The highest BCUT2D eigenvalue weighted by Gasteiger charge is 2.10. The molecular formula is C12H18BrN3O. The standard InChI is InChI=1S/C12H18BrN3O/c1-15(2)12(17)8-16(3)10-5-4-9(7-14)11(13)6-10/h4-6H,7-8,14H2,1-3H3. The Kier molecular flexibility index (Phi) is 4.96. The van der Waals surface area contributed by atoms with E-state index in [1.165, 1.54) is 0 Å². The lowest BCUT2D eigenvalue weighted by Gasteiger charge is -2.21. The Labute approximate surface area is 111 Å². The summed E-state index contributed by atoms with van der Waals surface area (Å²) < 4.78 is 0.974. The van der Waals surface area contributed by atoms with E-state index in [-0.39, 0.29) is 5.91 Å². The fraction of sp³-hybridized carbons (Fsp3) is 0.417. The quantitative estimate of drug-likeness (QED) is 0.915. The summed E-state index contributed by atoms with van der Waals surface area (Å²) in [4.78, 5) is 15.1. The summed E-state index contributed by atoms with van der Waals surface area (Å²) in [7, 11) is 5.40. The molecule has 0 radical (unpaired) electrons.